The minimum Gasteiger partial charge on any atom is -0.132 e. The second-order valence-electron chi connectivity index (χ2n) is 6.77. The summed E-state index contributed by atoms with van der Waals surface area (Å²) >= 11 is 6.48. The first-order valence-corrected chi connectivity index (χ1v) is 12.3. The molecule has 0 amide bonds. The maximum Gasteiger partial charge on any atom is 0.0565 e. The van der Waals surface area contributed by atoms with Crippen LogP contribution in [0.3, 0.4) is 0 Å². The minimum atomic E-state index is 0.621. The van der Waals surface area contributed by atoms with Crippen molar-refractivity contribution in [3.05, 3.63) is 108 Å². The molecule has 3 aromatic rings. The van der Waals surface area contributed by atoms with Crippen LogP contribution in [-0.4, -0.2) is 13.7 Å². The van der Waals surface area contributed by atoms with Gasteiger partial charge in [0.2, 0.25) is 0 Å². The molecule has 1 aliphatic rings. The van der Waals surface area contributed by atoms with Gasteiger partial charge in [0.25, 0.3) is 0 Å². The molecule has 4 rings (SSSR count). The molecule has 0 saturated carbocycles. The molecule has 0 unspecified atom stereocenters. The normalized spacial score (nSPS) is 22.4. The smallest absolute Gasteiger partial charge is 0.0565 e. The number of hydrogen-bond donors (Lipinski definition) is 0. The molecule has 3 aromatic carbocycles. The Morgan fingerprint density at radius 1 is 0.407 bits per heavy atom. The summed E-state index contributed by atoms with van der Waals surface area (Å²) in [6.45, 7) is 0. The van der Waals surface area contributed by atoms with E-state index in [0.717, 1.165) is 19.3 Å². The summed E-state index contributed by atoms with van der Waals surface area (Å²) in [7, 11) is 0. The average Bonchev–Trinajstić information content (AvgIpc) is 2.70. The van der Waals surface area contributed by atoms with Gasteiger partial charge < -0.3 is 0 Å². The summed E-state index contributed by atoms with van der Waals surface area (Å²) in [4.78, 5) is 0. The van der Waals surface area contributed by atoms with Gasteiger partial charge in [0, 0.05) is 0 Å². The molecule has 0 aromatic heterocycles. The lowest BCUT2D eigenvalue weighted by atomic mass is 10.2. The van der Waals surface area contributed by atoms with E-state index in [1.165, 1.54) is 16.7 Å². The molecule has 1 fully saturated rings. The molecular weight excluding hydrogens is 384 g/mol. The SMILES string of the molecule is c1ccc(CC2SC(Cc3ccccc3)SC(Cc3ccccc3)S2)cc1. The van der Waals surface area contributed by atoms with Gasteiger partial charge in [-0.1, -0.05) is 91.0 Å². The molecule has 1 aliphatic heterocycles. The average molecular weight is 409 g/mol. The molecular formula is C24H24S3. The first kappa shape index (κ1) is 19.0. The lowest BCUT2D eigenvalue weighted by Crippen LogP contribution is -2.23. The molecule has 0 bridgehead atoms. The molecule has 0 aliphatic carbocycles. The van der Waals surface area contributed by atoms with Crippen molar-refractivity contribution in [2.45, 2.75) is 33.0 Å². The summed E-state index contributed by atoms with van der Waals surface area (Å²) in [5.41, 5.74) is 4.35. The van der Waals surface area contributed by atoms with Crippen LogP contribution in [0.25, 0.3) is 0 Å². The van der Waals surface area contributed by atoms with Crippen LogP contribution in [0.5, 0.6) is 0 Å². The van der Waals surface area contributed by atoms with Crippen LogP contribution in [-0.2, 0) is 19.3 Å². The van der Waals surface area contributed by atoms with Crippen LogP contribution in [0.4, 0.5) is 0 Å². The van der Waals surface area contributed by atoms with Crippen molar-refractivity contribution >= 4 is 35.3 Å². The first-order chi connectivity index (χ1) is 13.3. The van der Waals surface area contributed by atoms with Crippen LogP contribution in [0.2, 0.25) is 0 Å². The Hall–Kier alpha value is -1.29. The zero-order valence-electron chi connectivity index (χ0n) is 15.2. The minimum absolute atomic E-state index is 0.621. The van der Waals surface area contributed by atoms with E-state index in [0.29, 0.717) is 13.7 Å². The predicted octanol–water partition coefficient (Wildman–Crippen LogP) is 6.91. The maximum atomic E-state index is 2.27. The van der Waals surface area contributed by atoms with E-state index in [9.17, 15) is 0 Å². The van der Waals surface area contributed by atoms with Crippen molar-refractivity contribution < 1.29 is 0 Å². The van der Waals surface area contributed by atoms with E-state index in [1.54, 1.807) is 0 Å². The van der Waals surface area contributed by atoms with E-state index in [4.69, 9.17) is 0 Å². The van der Waals surface area contributed by atoms with E-state index >= 15 is 0 Å². The topological polar surface area (TPSA) is 0 Å². The van der Waals surface area contributed by atoms with E-state index < -0.39 is 0 Å². The fraction of sp³-hybridized carbons (Fsp3) is 0.250. The highest BCUT2D eigenvalue weighted by molar-refractivity contribution is 8.33. The van der Waals surface area contributed by atoms with Gasteiger partial charge >= 0.3 is 0 Å². The third-order valence-corrected chi connectivity index (χ3v) is 9.47. The van der Waals surface area contributed by atoms with Gasteiger partial charge in [-0.25, -0.2) is 0 Å². The summed E-state index contributed by atoms with van der Waals surface area (Å²) < 4.78 is 1.86. The quantitative estimate of drug-likeness (QED) is 0.435. The van der Waals surface area contributed by atoms with Gasteiger partial charge in [0.15, 0.2) is 0 Å². The zero-order chi connectivity index (χ0) is 18.3. The van der Waals surface area contributed by atoms with Gasteiger partial charge in [-0.15, -0.1) is 35.3 Å². The van der Waals surface area contributed by atoms with Crippen molar-refractivity contribution in [2.75, 3.05) is 0 Å². The van der Waals surface area contributed by atoms with Gasteiger partial charge in [0.1, 0.15) is 0 Å². The van der Waals surface area contributed by atoms with E-state index in [1.807, 2.05) is 0 Å². The van der Waals surface area contributed by atoms with Crippen molar-refractivity contribution in [2.24, 2.45) is 0 Å². The second kappa shape index (κ2) is 9.77. The Morgan fingerprint density at radius 3 is 0.926 bits per heavy atom. The van der Waals surface area contributed by atoms with Crippen LogP contribution in [0, 0.1) is 0 Å². The van der Waals surface area contributed by atoms with Crippen LogP contribution in [0.15, 0.2) is 91.0 Å². The molecule has 0 spiro atoms. The third kappa shape index (κ3) is 5.84. The van der Waals surface area contributed by atoms with Crippen LogP contribution in [0.1, 0.15) is 16.7 Å². The van der Waals surface area contributed by atoms with Crippen LogP contribution >= 0.6 is 35.3 Å². The highest BCUT2D eigenvalue weighted by Crippen LogP contribution is 2.50. The molecule has 0 radical (unpaired) electrons. The number of rotatable bonds is 6. The van der Waals surface area contributed by atoms with E-state index in [-0.39, 0.29) is 0 Å². The fourth-order valence-electron chi connectivity index (χ4n) is 3.31. The molecule has 138 valence electrons. The highest BCUT2D eigenvalue weighted by Gasteiger charge is 2.30. The van der Waals surface area contributed by atoms with Gasteiger partial charge in [-0.05, 0) is 36.0 Å². The molecule has 1 heterocycles. The zero-order valence-corrected chi connectivity index (χ0v) is 17.7. The number of thioether (sulfide) groups is 3. The van der Waals surface area contributed by atoms with Crippen molar-refractivity contribution in [3.63, 3.8) is 0 Å². The predicted molar refractivity (Wildman–Crippen MR) is 125 cm³/mol. The van der Waals surface area contributed by atoms with E-state index in [2.05, 4.69) is 126 Å². The Morgan fingerprint density at radius 2 is 0.667 bits per heavy atom. The highest BCUT2D eigenvalue weighted by atomic mass is 32.3. The molecule has 1 saturated heterocycles. The van der Waals surface area contributed by atoms with Crippen LogP contribution < -0.4 is 0 Å². The summed E-state index contributed by atoms with van der Waals surface area (Å²) in [5, 5.41) is 0. The maximum absolute atomic E-state index is 2.27. The summed E-state index contributed by atoms with van der Waals surface area (Å²) in [6, 6.07) is 32.9. The monoisotopic (exact) mass is 408 g/mol. The Balaban J connectivity index is 1.47. The second-order valence-corrected chi connectivity index (χ2v) is 11.9. The van der Waals surface area contributed by atoms with Crippen molar-refractivity contribution in [1.82, 2.24) is 0 Å². The van der Waals surface area contributed by atoms with Gasteiger partial charge in [-0.3, -0.25) is 0 Å². The van der Waals surface area contributed by atoms with Crippen molar-refractivity contribution in [3.8, 4) is 0 Å². The molecule has 27 heavy (non-hydrogen) atoms. The first-order valence-electron chi connectivity index (χ1n) is 9.43. The Bertz CT molecular complexity index is 686. The fourth-order valence-corrected chi connectivity index (χ4v) is 9.88. The lowest BCUT2D eigenvalue weighted by molar-refractivity contribution is 1.02. The standard InChI is InChI=1S/C24H24S3/c1-4-10-19(11-5-1)16-22-25-23(17-20-12-6-2-7-13-20)27-24(26-22)18-21-14-8-3-9-15-21/h1-15,22-24H,16-18H2. The Kier molecular flexibility index (Phi) is 6.89. The number of hydrogen-bond acceptors (Lipinski definition) is 3. The van der Waals surface area contributed by atoms with Crippen molar-refractivity contribution in [1.29, 1.82) is 0 Å². The lowest BCUT2D eigenvalue weighted by Gasteiger charge is -2.34. The molecule has 3 heteroatoms. The summed E-state index contributed by atoms with van der Waals surface area (Å²) in [5.74, 6) is 0. The third-order valence-electron chi connectivity index (χ3n) is 4.65. The van der Waals surface area contributed by atoms with Gasteiger partial charge in [-0.2, -0.15) is 0 Å². The molecule has 0 nitrogen and oxygen atoms in total. The van der Waals surface area contributed by atoms with Gasteiger partial charge in [0.05, 0.1) is 13.7 Å². The largest absolute Gasteiger partial charge is 0.132 e. The molecule has 0 atom stereocenters. The number of benzene rings is 3. The Labute approximate surface area is 175 Å². The molecule has 0 N–H and O–H groups in total. The summed E-state index contributed by atoms with van der Waals surface area (Å²) in [6.07, 6.45) is 3.44.